The monoisotopic (exact) mass is 228 g/mol. The molecule has 1 aromatic carbocycles. The third-order valence-corrected chi connectivity index (χ3v) is 2.30. The van der Waals surface area contributed by atoms with Gasteiger partial charge in [0.25, 0.3) is 0 Å². The van der Waals surface area contributed by atoms with Crippen molar-refractivity contribution in [1.29, 1.82) is 0 Å². The maximum absolute atomic E-state index is 12.2. The van der Waals surface area contributed by atoms with Crippen LogP contribution in [0, 0.1) is 6.92 Å². The lowest BCUT2D eigenvalue weighted by atomic mass is 10.00. The third-order valence-electron chi connectivity index (χ3n) is 2.30. The molecule has 2 nitrogen and oxygen atoms in total. The zero-order chi connectivity index (χ0) is 12.8. The molecule has 0 aliphatic carbocycles. The van der Waals surface area contributed by atoms with E-state index in [1.54, 1.807) is 36.4 Å². The van der Waals surface area contributed by atoms with Crippen molar-refractivity contribution in [2.24, 2.45) is 0 Å². The number of ketones is 1. The Morgan fingerprint density at radius 1 is 1.41 bits per heavy atom. The molecule has 1 aromatic rings. The van der Waals surface area contributed by atoms with Gasteiger partial charge in [0.15, 0.2) is 5.78 Å². The second-order valence-corrected chi connectivity index (χ2v) is 3.71. The number of Topliss-reactive ketones (excluding diaryl/α,β-unsaturated/α-hetero) is 1. The van der Waals surface area contributed by atoms with Gasteiger partial charge in [-0.05, 0) is 26.0 Å². The topological polar surface area (TPSA) is 37.3 Å². The highest BCUT2D eigenvalue weighted by molar-refractivity contribution is 6.12. The first-order valence-corrected chi connectivity index (χ1v) is 5.40. The van der Waals surface area contributed by atoms with Crippen molar-refractivity contribution in [3.63, 3.8) is 0 Å². The van der Waals surface area contributed by atoms with E-state index in [1.807, 2.05) is 13.8 Å². The van der Waals surface area contributed by atoms with Crippen LogP contribution in [0.1, 0.15) is 22.8 Å². The number of phenols is 1. The summed E-state index contributed by atoms with van der Waals surface area (Å²) in [6, 6.07) is 4.97. The molecule has 2 heteroatoms. The first-order chi connectivity index (χ1) is 8.10. The van der Waals surface area contributed by atoms with Crippen LogP contribution in [0.15, 0.2) is 54.7 Å². The highest BCUT2D eigenvalue weighted by Gasteiger charge is 2.13. The van der Waals surface area contributed by atoms with E-state index >= 15 is 0 Å². The van der Waals surface area contributed by atoms with Crippen molar-refractivity contribution in [1.82, 2.24) is 0 Å². The van der Waals surface area contributed by atoms with Crippen LogP contribution < -0.4 is 0 Å². The number of allylic oxidation sites excluding steroid dienone is 5. The molecule has 0 atom stereocenters. The summed E-state index contributed by atoms with van der Waals surface area (Å²) < 4.78 is 0. The van der Waals surface area contributed by atoms with Crippen molar-refractivity contribution < 1.29 is 9.90 Å². The standard InChI is InChI=1S/C15H16O2/c1-4-6-12(7-5-2)15(17)13-10-11(3)8-9-14(13)16/h4-10,16H,1H2,2-3H3/b7-5-,12-6+. The fourth-order valence-electron chi connectivity index (χ4n) is 1.50. The second kappa shape index (κ2) is 5.85. The number of carbonyl (C=O) groups excluding carboxylic acids is 1. The van der Waals surface area contributed by atoms with Gasteiger partial charge in [0, 0.05) is 5.57 Å². The molecule has 0 spiro atoms. The fraction of sp³-hybridized carbons (Fsp3) is 0.133. The van der Waals surface area contributed by atoms with Crippen molar-refractivity contribution in [3.8, 4) is 5.75 Å². The fourth-order valence-corrected chi connectivity index (χ4v) is 1.50. The number of rotatable bonds is 4. The molecule has 1 N–H and O–H groups in total. The van der Waals surface area contributed by atoms with Crippen molar-refractivity contribution >= 4 is 5.78 Å². The summed E-state index contributed by atoms with van der Waals surface area (Å²) in [7, 11) is 0. The summed E-state index contributed by atoms with van der Waals surface area (Å²) in [5.41, 5.74) is 1.75. The predicted octanol–water partition coefficient (Wildman–Crippen LogP) is 3.57. The van der Waals surface area contributed by atoms with Crippen molar-refractivity contribution in [3.05, 3.63) is 65.8 Å². The minimum Gasteiger partial charge on any atom is -0.507 e. The lowest BCUT2D eigenvalue weighted by Gasteiger charge is -2.05. The van der Waals surface area contributed by atoms with E-state index in [2.05, 4.69) is 6.58 Å². The normalized spacial score (nSPS) is 11.8. The zero-order valence-electron chi connectivity index (χ0n) is 10.1. The highest BCUT2D eigenvalue weighted by Crippen LogP contribution is 2.22. The van der Waals surface area contributed by atoms with Gasteiger partial charge in [-0.3, -0.25) is 4.79 Å². The van der Waals surface area contributed by atoms with Gasteiger partial charge >= 0.3 is 0 Å². The van der Waals surface area contributed by atoms with Gasteiger partial charge in [-0.1, -0.05) is 42.5 Å². The lowest BCUT2D eigenvalue weighted by molar-refractivity contribution is 0.103. The number of aryl methyl sites for hydroxylation is 1. The summed E-state index contributed by atoms with van der Waals surface area (Å²) in [4.78, 5) is 12.2. The smallest absolute Gasteiger partial charge is 0.196 e. The van der Waals surface area contributed by atoms with Crippen LogP contribution in [0.25, 0.3) is 0 Å². The molecule has 0 saturated heterocycles. The van der Waals surface area contributed by atoms with Gasteiger partial charge in [-0.15, -0.1) is 0 Å². The van der Waals surface area contributed by atoms with Crippen LogP contribution in [0.3, 0.4) is 0 Å². The molecular weight excluding hydrogens is 212 g/mol. The minimum atomic E-state index is -0.204. The summed E-state index contributed by atoms with van der Waals surface area (Å²) >= 11 is 0. The molecule has 0 heterocycles. The Morgan fingerprint density at radius 3 is 2.71 bits per heavy atom. The third kappa shape index (κ3) is 3.18. The highest BCUT2D eigenvalue weighted by atomic mass is 16.3. The van der Waals surface area contributed by atoms with Crippen LogP contribution >= 0.6 is 0 Å². The first kappa shape index (κ1) is 13.0. The summed E-state index contributed by atoms with van der Waals surface area (Å²) in [6.07, 6.45) is 6.66. The molecule has 0 saturated carbocycles. The SMILES string of the molecule is C=C/C=C(\C=C/C)C(=O)c1cc(C)ccc1O. The second-order valence-electron chi connectivity index (χ2n) is 3.71. The number of hydrogen-bond acceptors (Lipinski definition) is 2. The molecule has 0 fully saturated rings. The van der Waals surface area contributed by atoms with E-state index in [0.29, 0.717) is 11.1 Å². The van der Waals surface area contributed by atoms with Crippen LogP contribution in [-0.2, 0) is 0 Å². The van der Waals surface area contributed by atoms with Gasteiger partial charge in [0.1, 0.15) is 5.75 Å². The Hall–Kier alpha value is -2.09. The van der Waals surface area contributed by atoms with E-state index < -0.39 is 0 Å². The van der Waals surface area contributed by atoms with Gasteiger partial charge in [0.05, 0.1) is 5.56 Å². The molecular formula is C15H16O2. The first-order valence-electron chi connectivity index (χ1n) is 5.40. The lowest BCUT2D eigenvalue weighted by Crippen LogP contribution is -2.02. The number of aromatic hydroxyl groups is 1. The molecule has 88 valence electrons. The van der Waals surface area contributed by atoms with E-state index in [1.165, 1.54) is 6.07 Å². The van der Waals surface area contributed by atoms with Crippen LogP contribution in [0.2, 0.25) is 0 Å². The van der Waals surface area contributed by atoms with E-state index in [0.717, 1.165) is 5.56 Å². The van der Waals surface area contributed by atoms with Crippen LogP contribution in [0.4, 0.5) is 0 Å². The molecule has 1 rings (SSSR count). The Morgan fingerprint density at radius 2 is 2.12 bits per heavy atom. The number of carbonyl (C=O) groups is 1. The molecule has 0 unspecified atom stereocenters. The quantitative estimate of drug-likeness (QED) is 0.486. The predicted molar refractivity (Wildman–Crippen MR) is 70.3 cm³/mol. The van der Waals surface area contributed by atoms with Gasteiger partial charge in [-0.2, -0.15) is 0 Å². The Labute approximate surface area is 102 Å². The Bertz CT molecular complexity index is 494. The molecule has 0 bridgehead atoms. The maximum atomic E-state index is 12.2. The maximum Gasteiger partial charge on any atom is 0.196 e. The van der Waals surface area contributed by atoms with Gasteiger partial charge < -0.3 is 5.11 Å². The molecule has 0 aliphatic heterocycles. The van der Waals surface area contributed by atoms with Crippen LogP contribution in [-0.4, -0.2) is 10.9 Å². The van der Waals surface area contributed by atoms with Crippen molar-refractivity contribution in [2.75, 3.05) is 0 Å². The molecule has 0 aliphatic rings. The largest absolute Gasteiger partial charge is 0.507 e. The summed E-state index contributed by atoms with van der Waals surface area (Å²) in [6.45, 7) is 7.29. The summed E-state index contributed by atoms with van der Waals surface area (Å²) in [5.74, 6) is -0.204. The van der Waals surface area contributed by atoms with Gasteiger partial charge in [-0.25, -0.2) is 0 Å². The molecule has 0 radical (unpaired) electrons. The minimum absolute atomic E-state index is 0.0000605. The molecule has 0 aromatic heterocycles. The van der Waals surface area contributed by atoms with Gasteiger partial charge in [0.2, 0.25) is 0 Å². The zero-order valence-corrected chi connectivity index (χ0v) is 10.1. The van der Waals surface area contributed by atoms with E-state index in [4.69, 9.17) is 0 Å². The van der Waals surface area contributed by atoms with E-state index in [-0.39, 0.29) is 11.5 Å². The Kier molecular flexibility index (Phi) is 4.46. The number of phenolic OH excluding ortho intramolecular Hbond substituents is 1. The Balaban J connectivity index is 3.23. The van der Waals surface area contributed by atoms with Crippen molar-refractivity contribution in [2.45, 2.75) is 13.8 Å². The van der Waals surface area contributed by atoms with Crippen LogP contribution in [0.5, 0.6) is 5.75 Å². The van der Waals surface area contributed by atoms with E-state index in [9.17, 15) is 9.90 Å². The summed E-state index contributed by atoms with van der Waals surface area (Å²) in [5, 5.41) is 9.69. The number of benzene rings is 1. The molecule has 17 heavy (non-hydrogen) atoms. The average molecular weight is 228 g/mol. The molecule has 0 amide bonds. The number of hydrogen-bond donors (Lipinski definition) is 1. The average Bonchev–Trinajstić information content (AvgIpc) is 2.31.